The minimum atomic E-state index is -0.911. The van der Waals surface area contributed by atoms with E-state index in [0.717, 1.165) is 15.4 Å². The smallest absolute Gasteiger partial charge is 0.273 e. The van der Waals surface area contributed by atoms with Crippen molar-refractivity contribution in [3.63, 3.8) is 0 Å². The molecule has 4 amide bonds. The standard InChI is InChI=1S/C17H10BrN3O5/c18-11-5-7-12(8-6-11)20-16(23)13(15(22)19-17(20)24)9-10-3-1-2-4-14(10)21(25)26/h1-9H,(H,19,22,24)/b13-9+. The number of urea groups is 1. The minimum Gasteiger partial charge on any atom is -0.273 e. The summed E-state index contributed by atoms with van der Waals surface area (Å²) in [6.45, 7) is 0. The van der Waals surface area contributed by atoms with E-state index in [4.69, 9.17) is 0 Å². The number of benzene rings is 2. The van der Waals surface area contributed by atoms with Crippen LogP contribution in [0.3, 0.4) is 0 Å². The van der Waals surface area contributed by atoms with Crippen molar-refractivity contribution in [2.24, 2.45) is 0 Å². The number of para-hydroxylation sites is 1. The molecule has 1 aliphatic rings. The highest BCUT2D eigenvalue weighted by atomic mass is 79.9. The third-order valence-electron chi connectivity index (χ3n) is 3.62. The quantitative estimate of drug-likeness (QED) is 0.358. The zero-order valence-corrected chi connectivity index (χ0v) is 14.6. The normalized spacial score (nSPS) is 16.0. The number of carbonyl (C=O) groups is 3. The van der Waals surface area contributed by atoms with Gasteiger partial charge < -0.3 is 0 Å². The summed E-state index contributed by atoms with van der Waals surface area (Å²) >= 11 is 3.25. The molecule has 0 aromatic heterocycles. The molecule has 26 heavy (non-hydrogen) atoms. The van der Waals surface area contributed by atoms with E-state index < -0.39 is 22.8 Å². The zero-order chi connectivity index (χ0) is 18.8. The fraction of sp³-hybridized carbons (Fsp3) is 0. The highest BCUT2D eigenvalue weighted by Gasteiger charge is 2.37. The average Bonchev–Trinajstić information content (AvgIpc) is 2.60. The Morgan fingerprint density at radius 3 is 2.35 bits per heavy atom. The molecule has 8 nitrogen and oxygen atoms in total. The molecule has 1 fully saturated rings. The van der Waals surface area contributed by atoms with E-state index in [1.54, 1.807) is 18.2 Å². The largest absolute Gasteiger partial charge is 0.335 e. The van der Waals surface area contributed by atoms with Gasteiger partial charge in [-0.25, -0.2) is 9.69 Å². The number of anilines is 1. The van der Waals surface area contributed by atoms with Crippen LogP contribution in [0.15, 0.2) is 58.6 Å². The molecular formula is C17H10BrN3O5. The summed E-state index contributed by atoms with van der Waals surface area (Å²) in [4.78, 5) is 48.2. The number of halogens is 1. The summed E-state index contributed by atoms with van der Waals surface area (Å²) in [6, 6.07) is 11.1. The van der Waals surface area contributed by atoms with Gasteiger partial charge in [-0.2, -0.15) is 0 Å². The van der Waals surface area contributed by atoms with Crippen molar-refractivity contribution in [1.82, 2.24) is 5.32 Å². The van der Waals surface area contributed by atoms with Crippen LogP contribution < -0.4 is 10.2 Å². The molecule has 9 heteroatoms. The lowest BCUT2D eigenvalue weighted by atomic mass is 10.1. The molecule has 1 aliphatic heterocycles. The van der Waals surface area contributed by atoms with Crippen molar-refractivity contribution in [2.45, 2.75) is 0 Å². The fourth-order valence-corrected chi connectivity index (χ4v) is 2.68. The molecule has 0 radical (unpaired) electrons. The summed E-state index contributed by atoms with van der Waals surface area (Å²) in [5.41, 5.74) is -0.285. The SMILES string of the molecule is O=C1NC(=O)N(c2ccc(Br)cc2)C(=O)/C1=C/c1ccccc1[N+](=O)[O-]. The molecule has 0 aliphatic carbocycles. The van der Waals surface area contributed by atoms with Crippen LogP contribution in [0, 0.1) is 10.1 Å². The van der Waals surface area contributed by atoms with Crippen molar-refractivity contribution < 1.29 is 19.3 Å². The van der Waals surface area contributed by atoms with Crippen molar-refractivity contribution in [1.29, 1.82) is 0 Å². The van der Waals surface area contributed by atoms with Crippen LogP contribution in [0.4, 0.5) is 16.2 Å². The minimum absolute atomic E-state index is 0.0844. The van der Waals surface area contributed by atoms with E-state index in [1.165, 1.54) is 30.3 Å². The lowest BCUT2D eigenvalue weighted by molar-refractivity contribution is -0.385. The lowest BCUT2D eigenvalue weighted by Gasteiger charge is -2.26. The first-order chi connectivity index (χ1) is 12.4. The number of nitro groups is 1. The highest BCUT2D eigenvalue weighted by molar-refractivity contribution is 9.10. The molecule has 2 aromatic rings. The number of imide groups is 2. The average molecular weight is 416 g/mol. The number of nitrogens with zero attached hydrogens (tertiary/aromatic N) is 2. The van der Waals surface area contributed by atoms with Gasteiger partial charge in [-0.3, -0.25) is 25.0 Å². The van der Waals surface area contributed by atoms with E-state index in [-0.39, 0.29) is 22.5 Å². The summed E-state index contributed by atoms with van der Waals surface area (Å²) in [7, 11) is 0. The van der Waals surface area contributed by atoms with Crippen LogP contribution >= 0.6 is 15.9 Å². The molecule has 130 valence electrons. The van der Waals surface area contributed by atoms with Gasteiger partial charge in [-0.1, -0.05) is 28.1 Å². The summed E-state index contributed by atoms with van der Waals surface area (Å²) in [5.74, 6) is -1.77. The second-order valence-electron chi connectivity index (χ2n) is 5.25. The van der Waals surface area contributed by atoms with Gasteiger partial charge >= 0.3 is 6.03 Å². The Kier molecular flexibility index (Phi) is 4.63. The van der Waals surface area contributed by atoms with Crippen LogP contribution in [-0.2, 0) is 9.59 Å². The van der Waals surface area contributed by atoms with Crippen molar-refractivity contribution in [2.75, 3.05) is 4.90 Å². The van der Waals surface area contributed by atoms with E-state index in [0.29, 0.717) is 0 Å². The van der Waals surface area contributed by atoms with Crippen LogP contribution in [0.2, 0.25) is 0 Å². The summed E-state index contributed by atoms with van der Waals surface area (Å²) in [6.07, 6.45) is 1.11. The Hall–Kier alpha value is -3.33. The highest BCUT2D eigenvalue weighted by Crippen LogP contribution is 2.26. The lowest BCUT2D eigenvalue weighted by Crippen LogP contribution is -2.54. The predicted molar refractivity (Wildman–Crippen MR) is 96.2 cm³/mol. The topological polar surface area (TPSA) is 110 Å². The Morgan fingerprint density at radius 2 is 1.69 bits per heavy atom. The van der Waals surface area contributed by atoms with Gasteiger partial charge in [0.15, 0.2) is 0 Å². The van der Waals surface area contributed by atoms with E-state index in [9.17, 15) is 24.5 Å². The number of carbonyl (C=O) groups excluding carboxylic acids is 3. The van der Waals surface area contributed by atoms with Crippen molar-refractivity contribution >= 4 is 51.2 Å². The Labute approximate surface area is 155 Å². The second-order valence-corrected chi connectivity index (χ2v) is 6.17. The molecule has 0 bridgehead atoms. The number of barbiturate groups is 1. The van der Waals surface area contributed by atoms with Gasteiger partial charge in [0.05, 0.1) is 16.2 Å². The monoisotopic (exact) mass is 415 g/mol. The molecule has 1 N–H and O–H groups in total. The summed E-state index contributed by atoms with van der Waals surface area (Å²) < 4.78 is 0.748. The van der Waals surface area contributed by atoms with Crippen molar-refractivity contribution in [3.8, 4) is 0 Å². The molecule has 0 atom stereocenters. The maximum atomic E-state index is 12.7. The molecule has 1 saturated heterocycles. The number of rotatable bonds is 3. The summed E-state index contributed by atoms with van der Waals surface area (Å²) in [5, 5.41) is 13.2. The van der Waals surface area contributed by atoms with Gasteiger partial charge in [-0.05, 0) is 36.4 Å². The second kappa shape index (κ2) is 6.89. The first-order valence-corrected chi connectivity index (χ1v) is 8.08. The van der Waals surface area contributed by atoms with Crippen LogP contribution in [0.1, 0.15) is 5.56 Å². The number of hydrogen-bond donors (Lipinski definition) is 1. The van der Waals surface area contributed by atoms with E-state index in [1.807, 2.05) is 0 Å². The number of hydrogen-bond acceptors (Lipinski definition) is 5. The van der Waals surface area contributed by atoms with E-state index >= 15 is 0 Å². The maximum Gasteiger partial charge on any atom is 0.335 e. The fourth-order valence-electron chi connectivity index (χ4n) is 2.41. The number of nitro benzene ring substituents is 1. The molecule has 0 saturated carbocycles. The van der Waals surface area contributed by atoms with Gasteiger partial charge in [-0.15, -0.1) is 0 Å². The van der Waals surface area contributed by atoms with Gasteiger partial charge in [0.2, 0.25) is 0 Å². The molecule has 2 aromatic carbocycles. The molecule has 0 unspecified atom stereocenters. The Balaban J connectivity index is 2.06. The van der Waals surface area contributed by atoms with Crippen LogP contribution in [0.5, 0.6) is 0 Å². The predicted octanol–water partition coefficient (Wildman–Crippen LogP) is 3.02. The molecule has 1 heterocycles. The number of amides is 4. The first kappa shape index (κ1) is 17.5. The maximum absolute atomic E-state index is 12.7. The third-order valence-corrected chi connectivity index (χ3v) is 4.15. The van der Waals surface area contributed by atoms with E-state index in [2.05, 4.69) is 21.2 Å². The first-order valence-electron chi connectivity index (χ1n) is 7.29. The zero-order valence-electron chi connectivity index (χ0n) is 13.0. The van der Waals surface area contributed by atoms with Gasteiger partial charge in [0.1, 0.15) is 5.57 Å². The van der Waals surface area contributed by atoms with Gasteiger partial charge in [0.25, 0.3) is 17.5 Å². The Morgan fingerprint density at radius 1 is 1.04 bits per heavy atom. The number of nitrogens with one attached hydrogen (secondary N) is 1. The van der Waals surface area contributed by atoms with Crippen LogP contribution in [-0.4, -0.2) is 22.8 Å². The van der Waals surface area contributed by atoms with Crippen LogP contribution in [0.25, 0.3) is 6.08 Å². The molecule has 3 rings (SSSR count). The van der Waals surface area contributed by atoms with Crippen molar-refractivity contribution in [3.05, 3.63) is 74.3 Å². The third kappa shape index (κ3) is 3.24. The molecular weight excluding hydrogens is 406 g/mol. The molecule has 0 spiro atoms. The Bertz CT molecular complexity index is 969. The van der Waals surface area contributed by atoms with Gasteiger partial charge in [0, 0.05) is 10.5 Å².